The zero-order valence-corrected chi connectivity index (χ0v) is 8.33. The zero-order chi connectivity index (χ0) is 10.2. The molecule has 0 aromatic heterocycles. The van der Waals surface area contributed by atoms with Crippen LogP contribution in [0.5, 0.6) is 0 Å². The van der Waals surface area contributed by atoms with Gasteiger partial charge in [0, 0.05) is 12.8 Å². The predicted octanol–water partition coefficient (Wildman–Crippen LogP) is 2.36. The first-order valence-corrected chi connectivity index (χ1v) is 5.17. The Morgan fingerprint density at radius 1 is 0.857 bits per heavy atom. The van der Waals surface area contributed by atoms with E-state index in [9.17, 15) is 9.59 Å². The lowest BCUT2D eigenvalue weighted by Crippen LogP contribution is -2.11. The van der Waals surface area contributed by atoms with E-state index in [-0.39, 0.29) is 5.97 Å². The number of ether oxygens (including phenoxy) is 1. The molecule has 1 heterocycles. The van der Waals surface area contributed by atoms with Crippen molar-refractivity contribution in [3.05, 3.63) is 12.2 Å². The van der Waals surface area contributed by atoms with Gasteiger partial charge in [0.2, 0.25) is 0 Å². The van der Waals surface area contributed by atoms with Gasteiger partial charge in [0.15, 0.2) is 0 Å². The number of esters is 2. The van der Waals surface area contributed by atoms with E-state index in [1.165, 1.54) is 0 Å². The largest absolute Gasteiger partial charge is 0.393 e. The van der Waals surface area contributed by atoms with Crippen LogP contribution in [0, 0.1) is 0 Å². The van der Waals surface area contributed by atoms with Crippen molar-refractivity contribution in [3.63, 3.8) is 0 Å². The van der Waals surface area contributed by atoms with Crippen LogP contribution >= 0.6 is 0 Å². The highest BCUT2D eigenvalue weighted by molar-refractivity contribution is 5.85. The third-order valence-electron chi connectivity index (χ3n) is 2.16. The SMILES string of the molecule is O=C1CC/C=C/CCCCCC(=O)O1. The fraction of sp³-hybridized carbons (Fsp3) is 0.636. The third-order valence-corrected chi connectivity index (χ3v) is 2.16. The summed E-state index contributed by atoms with van der Waals surface area (Å²) in [5.74, 6) is -0.778. The van der Waals surface area contributed by atoms with Crippen molar-refractivity contribution in [2.24, 2.45) is 0 Å². The first-order chi connectivity index (χ1) is 6.79. The van der Waals surface area contributed by atoms with Crippen LogP contribution in [0.2, 0.25) is 0 Å². The van der Waals surface area contributed by atoms with Crippen LogP contribution in [0.15, 0.2) is 12.2 Å². The monoisotopic (exact) mass is 196 g/mol. The maximum atomic E-state index is 11.0. The molecule has 0 unspecified atom stereocenters. The summed E-state index contributed by atoms with van der Waals surface area (Å²) in [7, 11) is 0. The highest BCUT2D eigenvalue weighted by atomic mass is 16.6. The third kappa shape index (κ3) is 4.80. The van der Waals surface area contributed by atoms with Gasteiger partial charge in [-0.1, -0.05) is 18.6 Å². The molecule has 0 N–H and O–H groups in total. The van der Waals surface area contributed by atoms with Gasteiger partial charge in [0.25, 0.3) is 0 Å². The van der Waals surface area contributed by atoms with Gasteiger partial charge in [-0.3, -0.25) is 9.59 Å². The molecular weight excluding hydrogens is 180 g/mol. The molecule has 0 spiro atoms. The minimum Gasteiger partial charge on any atom is -0.393 e. The maximum absolute atomic E-state index is 11.0. The minimum absolute atomic E-state index is 0.308. The summed E-state index contributed by atoms with van der Waals surface area (Å²) in [5, 5.41) is 0. The van der Waals surface area contributed by atoms with Crippen molar-refractivity contribution in [1.82, 2.24) is 0 Å². The molecule has 1 rings (SSSR count). The van der Waals surface area contributed by atoms with Crippen LogP contribution < -0.4 is 0 Å². The molecule has 0 saturated carbocycles. The van der Waals surface area contributed by atoms with Crippen LogP contribution in [0.25, 0.3) is 0 Å². The Hall–Kier alpha value is -1.12. The van der Waals surface area contributed by atoms with Gasteiger partial charge in [-0.15, -0.1) is 0 Å². The van der Waals surface area contributed by atoms with Crippen molar-refractivity contribution >= 4 is 11.9 Å². The molecule has 0 aliphatic carbocycles. The van der Waals surface area contributed by atoms with Crippen LogP contribution in [0.1, 0.15) is 44.9 Å². The normalized spacial score (nSPS) is 23.1. The van der Waals surface area contributed by atoms with E-state index in [4.69, 9.17) is 0 Å². The van der Waals surface area contributed by atoms with Crippen molar-refractivity contribution < 1.29 is 14.3 Å². The number of hydrogen-bond donors (Lipinski definition) is 0. The van der Waals surface area contributed by atoms with Gasteiger partial charge in [0.05, 0.1) is 0 Å². The summed E-state index contributed by atoms with van der Waals surface area (Å²) < 4.78 is 4.61. The van der Waals surface area contributed by atoms with Gasteiger partial charge in [-0.25, -0.2) is 0 Å². The van der Waals surface area contributed by atoms with Crippen LogP contribution in [0.3, 0.4) is 0 Å². The van der Waals surface area contributed by atoms with Gasteiger partial charge in [-0.2, -0.15) is 0 Å². The number of carbonyl (C=O) groups excluding carboxylic acids is 2. The van der Waals surface area contributed by atoms with Crippen LogP contribution in [-0.4, -0.2) is 11.9 Å². The standard InChI is InChI=1S/C11H16O3/c12-10-8-6-4-2-1-3-5-7-9-11(13)14-10/h2,4H,1,3,5-9H2/b4-2+. The van der Waals surface area contributed by atoms with Crippen LogP contribution in [-0.2, 0) is 14.3 Å². The molecular formula is C11H16O3. The highest BCUT2D eigenvalue weighted by Gasteiger charge is 2.09. The quantitative estimate of drug-likeness (QED) is 0.339. The molecule has 0 radical (unpaired) electrons. The minimum atomic E-state index is -0.403. The van der Waals surface area contributed by atoms with Gasteiger partial charge in [-0.05, 0) is 25.7 Å². The molecule has 3 heteroatoms. The van der Waals surface area contributed by atoms with Gasteiger partial charge < -0.3 is 4.74 Å². The second-order valence-electron chi connectivity index (χ2n) is 3.46. The lowest BCUT2D eigenvalue weighted by atomic mass is 10.1. The average Bonchev–Trinajstić information content (AvgIpc) is 2.13. The molecule has 0 fully saturated rings. The summed E-state index contributed by atoms with van der Waals surface area (Å²) >= 11 is 0. The van der Waals surface area contributed by atoms with Gasteiger partial charge in [0.1, 0.15) is 0 Å². The van der Waals surface area contributed by atoms with Crippen molar-refractivity contribution in [1.29, 1.82) is 0 Å². The zero-order valence-electron chi connectivity index (χ0n) is 8.33. The van der Waals surface area contributed by atoms with E-state index in [1.54, 1.807) is 0 Å². The first kappa shape index (κ1) is 11.0. The molecule has 0 aromatic rings. The van der Waals surface area contributed by atoms with E-state index < -0.39 is 5.97 Å². The number of rotatable bonds is 0. The molecule has 0 bridgehead atoms. The number of carbonyl (C=O) groups is 2. The Morgan fingerprint density at radius 3 is 2.43 bits per heavy atom. The van der Waals surface area contributed by atoms with Crippen molar-refractivity contribution in [3.8, 4) is 0 Å². The fourth-order valence-corrected chi connectivity index (χ4v) is 1.37. The Bertz CT molecular complexity index is 231. The Labute approximate surface area is 84.1 Å². The fourth-order valence-electron chi connectivity index (χ4n) is 1.37. The summed E-state index contributed by atoms with van der Waals surface area (Å²) in [6, 6.07) is 0. The summed E-state index contributed by atoms with van der Waals surface area (Å²) in [6.45, 7) is 0. The number of allylic oxidation sites excluding steroid dienone is 2. The summed E-state index contributed by atoms with van der Waals surface area (Å²) in [4.78, 5) is 22.1. The molecule has 0 atom stereocenters. The molecule has 0 saturated heterocycles. The first-order valence-electron chi connectivity index (χ1n) is 5.17. The lowest BCUT2D eigenvalue weighted by Gasteiger charge is -2.03. The topological polar surface area (TPSA) is 43.4 Å². The van der Waals surface area contributed by atoms with E-state index in [1.807, 2.05) is 6.08 Å². The Morgan fingerprint density at radius 2 is 1.57 bits per heavy atom. The van der Waals surface area contributed by atoms with Gasteiger partial charge >= 0.3 is 11.9 Å². The van der Waals surface area contributed by atoms with E-state index in [2.05, 4.69) is 10.8 Å². The lowest BCUT2D eigenvalue weighted by molar-refractivity contribution is -0.159. The number of hydrogen-bond acceptors (Lipinski definition) is 3. The number of cyclic esters (lactones) is 2. The molecule has 0 amide bonds. The Kier molecular flexibility index (Phi) is 4.97. The second-order valence-corrected chi connectivity index (χ2v) is 3.46. The van der Waals surface area contributed by atoms with Crippen molar-refractivity contribution in [2.45, 2.75) is 44.9 Å². The molecule has 14 heavy (non-hydrogen) atoms. The Balaban J connectivity index is 2.39. The smallest absolute Gasteiger partial charge is 0.313 e. The van der Waals surface area contributed by atoms with Crippen molar-refractivity contribution in [2.75, 3.05) is 0 Å². The molecule has 3 nitrogen and oxygen atoms in total. The maximum Gasteiger partial charge on any atom is 0.313 e. The van der Waals surface area contributed by atoms with E-state index in [0.29, 0.717) is 19.3 Å². The summed E-state index contributed by atoms with van der Waals surface area (Å²) in [6.07, 6.45) is 9.42. The van der Waals surface area contributed by atoms with E-state index >= 15 is 0 Å². The molecule has 0 aromatic carbocycles. The average molecular weight is 196 g/mol. The molecule has 78 valence electrons. The highest BCUT2D eigenvalue weighted by Crippen LogP contribution is 2.07. The van der Waals surface area contributed by atoms with E-state index in [0.717, 1.165) is 25.7 Å². The molecule has 1 aliphatic heterocycles. The summed E-state index contributed by atoms with van der Waals surface area (Å²) in [5.41, 5.74) is 0. The molecule has 1 aliphatic rings. The predicted molar refractivity (Wildman–Crippen MR) is 52.6 cm³/mol. The van der Waals surface area contributed by atoms with Crippen LogP contribution in [0.4, 0.5) is 0 Å². The second kappa shape index (κ2) is 6.35.